The molecule has 1 heterocycles. The van der Waals surface area contributed by atoms with E-state index in [1.54, 1.807) is 18.4 Å². The van der Waals surface area contributed by atoms with Crippen molar-refractivity contribution in [2.75, 3.05) is 7.11 Å². The Morgan fingerprint density at radius 1 is 1.47 bits per heavy atom. The molecular formula is C12H18O2S. The van der Waals surface area contributed by atoms with Crippen LogP contribution in [0.15, 0.2) is 11.4 Å². The van der Waals surface area contributed by atoms with Crippen LogP contribution in [0.25, 0.3) is 0 Å². The predicted molar refractivity (Wildman–Crippen MR) is 63.7 cm³/mol. The Labute approximate surface area is 95.3 Å². The summed E-state index contributed by atoms with van der Waals surface area (Å²) in [4.78, 5) is 13.4. The number of Topliss-reactive ketones (excluding diaryl/α,β-unsaturated/α-hetero) is 1. The number of thiophene rings is 1. The summed E-state index contributed by atoms with van der Waals surface area (Å²) in [6.07, 6.45) is 1.43. The monoisotopic (exact) mass is 226 g/mol. The topological polar surface area (TPSA) is 26.3 Å². The number of rotatable bonds is 5. The third-order valence-electron chi connectivity index (χ3n) is 3.05. The first kappa shape index (κ1) is 12.4. The van der Waals surface area contributed by atoms with E-state index in [0.717, 1.165) is 10.4 Å². The maximum atomic E-state index is 12.3. The van der Waals surface area contributed by atoms with E-state index in [4.69, 9.17) is 4.74 Å². The van der Waals surface area contributed by atoms with Crippen molar-refractivity contribution in [1.82, 2.24) is 0 Å². The Kier molecular flexibility index (Phi) is 4.05. The highest BCUT2D eigenvalue weighted by atomic mass is 32.1. The highest BCUT2D eigenvalue weighted by Gasteiger charge is 2.36. The first-order valence-corrected chi connectivity index (χ1v) is 6.13. The Morgan fingerprint density at radius 3 is 2.40 bits per heavy atom. The fourth-order valence-corrected chi connectivity index (χ4v) is 2.51. The zero-order valence-electron chi connectivity index (χ0n) is 9.79. The SMILES string of the molecule is CCC(CC)(OC)C(=O)c1ccsc1C. The predicted octanol–water partition coefficient (Wildman–Crippen LogP) is 3.44. The van der Waals surface area contributed by atoms with Crippen molar-refractivity contribution in [2.24, 2.45) is 0 Å². The van der Waals surface area contributed by atoms with Gasteiger partial charge in [-0.2, -0.15) is 0 Å². The molecular weight excluding hydrogens is 208 g/mol. The van der Waals surface area contributed by atoms with Gasteiger partial charge in [-0.05, 0) is 31.2 Å². The second-order valence-electron chi connectivity index (χ2n) is 3.63. The van der Waals surface area contributed by atoms with Gasteiger partial charge in [-0.3, -0.25) is 4.79 Å². The molecule has 0 radical (unpaired) electrons. The van der Waals surface area contributed by atoms with Gasteiger partial charge >= 0.3 is 0 Å². The lowest BCUT2D eigenvalue weighted by molar-refractivity contribution is -0.00262. The van der Waals surface area contributed by atoms with Crippen molar-refractivity contribution in [2.45, 2.75) is 39.2 Å². The standard InChI is InChI=1S/C12H18O2S/c1-5-12(6-2,14-4)11(13)10-7-8-15-9(10)3/h7-8H,5-6H2,1-4H3. The van der Waals surface area contributed by atoms with Gasteiger partial charge < -0.3 is 4.74 Å². The van der Waals surface area contributed by atoms with E-state index in [2.05, 4.69) is 0 Å². The minimum Gasteiger partial charge on any atom is -0.370 e. The van der Waals surface area contributed by atoms with Crippen molar-refractivity contribution in [3.05, 3.63) is 21.9 Å². The molecule has 0 aliphatic carbocycles. The summed E-state index contributed by atoms with van der Waals surface area (Å²) in [6, 6.07) is 1.89. The van der Waals surface area contributed by atoms with Crippen LogP contribution in [0.3, 0.4) is 0 Å². The lowest BCUT2D eigenvalue weighted by atomic mass is 9.88. The van der Waals surface area contributed by atoms with E-state index in [-0.39, 0.29) is 5.78 Å². The number of ether oxygens (including phenoxy) is 1. The zero-order valence-corrected chi connectivity index (χ0v) is 10.6. The molecule has 0 saturated carbocycles. The first-order chi connectivity index (χ1) is 7.11. The van der Waals surface area contributed by atoms with Gasteiger partial charge in [0.05, 0.1) is 0 Å². The van der Waals surface area contributed by atoms with Gasteiger partial charge in [-0.25, -0.2) is 0 Å². The Hall–Kier alpha value is -0.670. The summed E-state index contributed by atoms with van der Waals surface area (Å²) in [5.74, 6) is 0.119. The fraction of sp³-hybridized carbons (Fsp3) is 0.583. The minimum atomic E-state index is -0.633. The molecule has 0 amide bonds. The van der Waals surface area contributed by atoms with Crippen LogP contribution < -0.4 is 0 Å². The average Bonchev–Trinajstić information content (AvgIpc) is 2.67. The van der Waals surface area contributed by atoms with Crippen LogP contribution >= 0.6 is 11.3 Å². The van der Waals surface area contributed by atoms with Gasteiger partial charge in [0.25, 0.3) is 0 Å². The maximum absolute atomic E-state index is 12.3. The molecule has 84 valence electrons. The molecule has 1 aromatic rings. The number of carbonyl (C=O) groups excluding carboxylic acids is 1. The zero-order chi connectivity index (χ0) is 11.5. The normalized spacial score (nSPS) is 11.7. The summed E-state index contributed by atoms with van der Waals surface area (Å²) >= 11 is 1.60. The van der Waals surface area contributed by atoms with E-state index in [1.807, 2.05) is 32.2 Å². The van der Waals surface area contributed by atoms with Gasteiger partial charge in [0.15, 0.2) is 5.78 Å². The third kappa shape index (κ3) is 2.13. The van der Waals surface area contributed by atoms with Crippen molar-refractivity contribution in [1.29, 1.82) is 0 Å². The molecule has 0 aliphatic heterocycles. The molecule has 0 aromatic carbocycles. The van der Waals surface area contributed by atoms with Crippen molar-refractivity contribution >= 4 is 17.1 Å². The molecule has 0 unspecified atom stereocenters. The lowest BCUT2D eigenvalue weighted by Gasteiger charge is -2.28. The van der Waals surface area contributed by atoms with Crippen LogP contribution in [0.5, 0.6) is 0 Å². The van der Waals surface area contributed by atoms with E-state index in [0.29, 0.717) is 12.8 Å². The third-order valence-corrected chi connectivity index (χ3v) is 3.90. The van der Waals surface area contributed by atoms with Gasteiger partial charge in [0.2, 0.25) is 0 Å². The molecule has 0 N–H and O–H groups in total. The van der Waals surface area contributed by atoms with Crippen molar-refractivity contribution in [3.8, 4) is 0 Å². The molecule has 0 fully saturated rings. The number of ketones is 1. The number of methoxy groups -OCH3 is 1. The second kappa shape index (κ2) is 4.90. The Morgan fingerprint density at radius 2 is 2.07 bits per heavy atom. The molecule has 15 heavy (non-hydrogen) atoms. The largest absolute Gasteiger partial charge is 0.370 e. The van der Waals surface area contributed by atoms with E-state index in [1.165, 1.54) is 0 Å². The molecule has 1 aromatic heterocycles. The molecule has 1 rings (SSSR count). The molecule has 3 heteroatoms. The van der Waals surface area contributed by atoms with Crippen LogP contribution in [0.1, 0.15) is 41.9 Å². The smallest absolute Gasteiger partial charge is 0.195 e. The summed E-state index contributed by atoms with van der Waals surface area (Å²) in [7, 11) is 1.62. The number of carbonyl (C=O) groups is 1. The van der Waals surface area contributed by atoms with E-state index >= 15 is 0 Å². The molecule has 0 bridgehead atoms. The van der Waals surface area contributed by atoms with Gasteiger partial charge in [-0.15, -0.1) is 11.3 Å². The van der Waals surface area contributed by atoms with Crippen LogP contribution in [-0.2, 0) is 4.74 Å². The lowest BCUT2D eigenvalue weighted by Crippen LogP contribution is -2.39. The second-order valence-corrected chi connectivity index (χ2v) is 4.75. The van der Waals surface area contributed by atoms with Crippen LogP contribution in [0, 0.1) is 6.92 Å². The summed E-state index contributed by atoms with van der Waals surface area (Å²) in [5.41, 5.74) is 0.178. The summed E-state index contributed by atoms with van der Waals surface area (Å²) < 4.78 is 5.43. The molecule has 0 aliphatic rings. The Balaban J connectivity index is 3.06. The maximum Gasteiger partial charge on any atom is 0.195 e. The highest BCUT2D eigenvalue weighted by Crippen LogP contribution is 2.28. The number of hydrogen-bond donors (Lipinski definition) is 0. The fourth-order valence-electron chi connectivity index (χ4n) is 1.82. The molecule has 0 saturated heterocycles. The van der Waals surface area contributed by atoms with Crippen molar-refractivity contribution < 1.29 is 9.53 Å². The van der Waals surface area contributed by atoms with Gasteiger partial charge in [0, 0.05) is 17.6 Å². The quantitative estimate of drug-likeness (QED) is 0.719. The summed E-state index contributed by atoms with van der Waals surface area (Å²) in [5, 5.41) is 1.95. The molecule has 0 atom stereocenters. The van der Waals surface area contributed by atoms with Crippen LogP contribution in [0.4, 0.5) is 0 Å². The van der Waals surface area contributed by atoms with E-state index < -0.39 is 5.60 Å². The highest BCUT2D eigenvalue weighted by molar-refractivity contribution is 7.10. The van der Waals surface area contributed by atoms with Gasteiger partial charge in [0.1, 0.15) is 5.60 Å². The van der Waals surface area contributed by atoms with Crippen molar-refractivity contribution in [3.63, 3.8) is 0 Å². The Bertz CT molecular complexity index is 329. The summed E-state index contributed by atoms with van der Waals surface area (Å²) in [6.45, 7) is 5.96. The molecule has 2 nitrogen and oxygen atoms in total. The molecule has 0 spiro atoms. The number of hydrogen-bond acceptors (Lipinski definition) is 3. The van der Waals surface area contributed by atoms with Crippen LogP contribution in [-0.4, -0.2) is 18.5 Å². The van der Waals surface area contributed by atoms with E-state index in [9.17, 15) is 4.79 Å². The average molecular weight is 226 g/mol. The number of aryl methyl sites for hydroxylation is 1. The van der Waals surface area contributed by atoms with Gasteiger partial charge in [-0.1, -0.05) is 13.8 Å². The first-order valence-electron chi connectivity index (χ1n) is 5.25. The van der Waals surface area contributed by atoms with Crippen LogP contribution in [0.2, 0.25) is 0 Å². The minimum absolute atomic E-state index is 0.119.